The molecule has 4 rings (SSSR count). The third kappa shape index (κ3) is 3.31. The molecule has 0 spiro atoms. The quantitative estimate of drug-likeness (QED) is 0.622. The zero-order valence-corrected chi connectivity index (χ0v) is 15.9. The minimum atomic E-state index is -0.224. The van der Waals surface area contributed by atoms with E-state index < -0.39 is 0 Å². The summed E-state index contributed by atoms with van der Waals surface area (Å²) in [4.78, 5) is 15.0. The summed E-state index contributed by atoms with van der Waals surface area (Å²) in [5.74, 6) is 0.0250. The highest BCUT2D eigenvalue weighted by molar-refractivity contribution is 6.31. The average Bonchev–Trinajstić information content (AvgIpc) is 2.96. The number of benzene rings is 3. The number of carbonyl (C=O) groups excluding carboxylic acids is 1. The molecule has 0 aromatic heterocycles. The van der Waals surface area contributed by atoms with Gasteiger partial charge in [-0.15, -0.1) is 0 Å². The van der Waals surface area contributed by atoms with Gasteiger partial charge in [0.05, 0.1) is 0 Å². The Morgan fingerprint density at radius 3 is 2.37 bits per heavy atom. The predicted molar refractivity (Wildman–Crippen MR) is 110 cm³/mol. The minimum absolute atomic E-state index is 0.0250. The fourth-order valence-electron chi connectivity index (χ4n) is 3.62. The lowest BCUT2D eigenvalue weighted by atomic mass is 10.1. The molecule has 1 aliphatic heterocycles. The van der Waals surface area contributed by atoms with E-state index in [1.54, 1.807) is 0 Å². The largest absolute Gasteiger partial charge is 0.361 e. The number of amides is 1. The maximum absolute atomic E-state index is 13.1. The zero-order chi connectivity index (χ0) is 18.8. The second-order valence-electron chi connectivity index (χ2n) is 6.67. The van der Waals surface area contributed by atoms with Crippen LogP contribution in [0.4, 0.5) is 5.69 Å². The van der Waals surface area contributed by atoms with Crippen molar-refractivity contribution in [2.45, 2.75) is 26.1 Å². The number of fused-ring (bicyclic) bond motifs is 1. The fraction of sp³-hybridized carbons (Fsp3) is 0.174. The van der Waals surface area contributed by atoms with E-state index in [1.165, 1.54) is 5.56 Å². The molecule has 4 heteroatoms. The van der Waals surface area contributed by atoms with Crippen molar-refractivity contribution in [1.29, 1.82) is 0 Å². The summed E-state index contributed by atoms with van der Waals surface area (Å²) in [6, 6.07) is 23.7. The number of carbonyl (C=O) groups is 1. The van der Waals surface area contributed by atoms with Gasteiger partial charge < -0.3 is 10.2 Å². The van der Waals surface area contributed by atoms with Crippen LogP contribution in [0.25, 0.3) is 0 Å². The monoisotopic (exact) mass is 376 g/mol. The van der Waals surface area contributed by atoms with Crippen molar-refractivity contribution in [3.05, 3.63) is 100 Å². The van der Waals surface area contributed by atoms with E-state index in [4.69, 9.17) is 11.6 Å². The van der Waals surface area contributed by atoms with Crippen molar-refractivity contribution in [2.24, 2.45) is 0 Å². The SMILES string of the molecule is CCc1ccccc1N[C@@H]1c2ccccc2C(=O)N1Cc1ccccc1Cl. The predicted octanol–water partition coefficient (Wildman–Crippen LogP) is 5.67. The van der Waals surface area contributed by atoms with Gasteiger partial charge in [0, 0.05) is 28.4 Å². The highest BCUT2D eigenvalue weighted by atomic mass is 35.5. The Kier molecular flexibility index (Phi) is 4.87. The molecule has 3 aromatic rings. The smallest absolute Gasteiger partial charge is 0.256 e. The van der Waals surface area contributed by atoms with E-state index in [2.05, 4.69) is 24.4 Å². The molecule has 3 nitrogen and oxygen atoms in total. The molecular weight excluding hydrogens is 356 g/mol. The maximum atomic E-state index is 13.1. The van der Waals surface area contributed by atoms with Gasteiger partial charge in [-0.1, -0.05) is 73.1 Å². The van der Waals surface area contributed by atoms with Gasteiger partial charge in [0.1, 0.15) is 6.17 Å². The fourth-order valence-corrected chi connectivity index (χ4v) is 3.81. The second kappa shape index (κ2) is 7.45. The summed E-state index contributed by atoms with van der Waals surface area (Å²) in [6.45, 7) is 2.59. The van der Waals surface area contributed by atoms with Crippen molar-refractivity contribution < 1.29 is 4.79 Å². The molecule has 0 bridgehead atoms. The number of nitrogens with zero attached hydrogens (tertiary/aromatic N) is 1. The third-order valence-corrected chi connectivity index (χ3v) is 5.42. The van der Waals surface area contributed by atoms with Gasteiger partial charge in [0.25, 0.3) is 5.91 Å². The second-order valence-corrected chi connectivity index (χ2v) is 7.08. The van der Waals surface area contributed by atoms with Crippen LogP contribution < -0.4 is 5.32 Å². The number of para-hydroxylation sites is 1. The number of hydrogen-bond acceptors (Lipinski definition) is 2. The standard InChI is InChI=1S/C23H21ClN2O/c1-2-16-9-4-8-14-21(16)25-22-18-11-5-6-12-19(18)23(27)26(22)15-17-10-3-7-13-20(17)24/h3-14,22,25H,2,15H2,1H3/t22-/m0/s1. The van der Waals surface area contributed by atoms with Crippen molar-refractivity contribution >= 4 is 23.2 Å². The number of nitrogens with one attached hydrogen (secondary N) is 1. The van der Waals surface area contributed by atoms with Crippen LogP contribution in [0.1, 0.15) is 40.1 Å². The summed E-state index contributed by atoms with van der Waals surface area (Å²) >= 11 is 6.36. The number of hydrogen-bond donors (Lipinski definition) is 1. The van der Waals surface area contributed by atoms with Crippen molar-refractivity contribution in [2.75, 3.05) is 5.32 Å². The van der Waals surface area contributed by atoms with Crippen LogP contribution in [0.3, 0.4) is 0 Å². The molecule has 0 aliphatic carbocycles. The number of halogens is 1. The molecular formula is C23H21ClN2O. The minimum Gasteiger partial charge on any atom is -0.361 e. The lowest BCUT2D eigenvalue weighted by Crippen LogP contribution is -2.32. The summed E-state index contributed by atoms with van der Waals surface area (Å²) in [7, 11) is 0. The highest BCUT2D eigenvalue weighted by Crippen LogP contribution is 2.37. The topological polar surface area (TPSA) is 32.3 Å². The molecule has 1 aliphatic rings. The Balaban J connectivity index is 1.73. The van der Waals surface area contributed by atoms with Gasteiger partial charge in [-0.25, -0.2) is 0 Å². The maximum Gasteiger partial charge on any atom is 0.256 e. The number of anilines is 1. The van der Waals surface area contributed by atoms with Gasteiger partial charge >= 0.3 is 0 Å². The molecule has 0 unspecified atom stereocenters. The van der Waals surface area contributed by atoms with Gasteiger partial charge in [0.2, 0.25) is 0 Å². The summed E-state index contributed by atoms with van der Waals surface area (Å²) in [6.07, 6.45) is 0.702. The molecule has 0 radical (unpaired) electrons. The van der Waals surface area contributed by atoms with Crippen LogP contribution in [-0.4, -0.2) is 10.8 Å². The molecule has 1 N–H and O–H groups in total. The highest BCUT2D eigenvalue weighted by Gasteiger charge is 2.36. The first kappa shape index (κ1) is 17.6. The molecule has 1 heterocycles. The van der Waals surface area contributed by atoms with Gasteiger partial charge in [-0.2, -0.15) is 0 Å². The van der Waals surface area contributed by atoms with Crippen LogP contribution in [0.15, 0.2) is 72.8 Å². The first-order valence-corrected chi connectivity index (χ1v) is 9.54. The van der Waals surface area contributed by atoms with Crippen LogP contribution in [0.5, 0.6) is 0 Å². The van der Waals surface area contributed by atoms with Crippen molar-refractivity contribution in [3.63, 3.8) is 0 Å². The van der Waals surface area contributed by atoms with Gasteiger partial charge in [-0.05, 0) is 35.7 Å². The lowest BCUT2D eigenvalue weighted by Gasteiger charge is -2.28. The zero-order valence-electron chi connectivity index (χ0n) is 15.2. The first-order valence-electron chi connectivity index (χ1n) is 9.16. The van der Waals surface area contributed by atoms with Crippen LogP contribution in [0, 0.1) is 0 Å². The Bertz CT molecular complexity index is 985. The van der Waals surface area contributed by atoms with E-state index in [-0.39, 0.29) is 12.1 Å². The van der Waals surface area contributed by atoms with E-state index in [0.717, 1.165) is 28.8 Å². The molecule has 27 heavy (non-hydrogen) atoms. The van der Waals surface area contributed by atoms with Crippen LogP contribution in [-0.2, 0) is 13.0 Å². The van der Waals surface area contributed by atoms with E-state index in [1.807, 2.05) is 65.6 Å². The molecule has 0 fully saturated rings. The molecule has 1 amide bonds. The van der Waals surface area contributed by atoms with E-state index in [0.29, 0.717) is 11.6 Å². The summed E-state index contributed by atoms with van der Waals surface area (Å²) in [5, 5.41) is 4.27. The molecule has 0 saturated carbocycles. The third-order valence-electron chi connectivity index (χ3n) is 5.05. The Morgan fingerprint density at radius 2 is 1.59 bits per heavy atom. The molecule has 1 atom stereocenters. The summed E-state index contributed by atoms with van der Waals surface area (Å²) in [5.41, 5.74) is 4.97. The van der Waals surface area contributed by atoms with Gasteiger partial charge in [-0.3, -0.25) is 4.79 Å². The number of rotatable bonds is 5. The first-order chi connectivity index (χ1) is 13.2. The molecule has 0 saturated heterocycles. The van der Waals surface area contributed by atoms with Crippen LogP contribution in [0.2, 0.25) is 5.02 Å². The van der Waals surface area contributed by atoms with Gasteiger partial charge in [0.15, 0.2) is 0 Å². The van der Waals surface area contributed by atoms with E-state index in [9.17, 15) is 4.79 Å². The van der Waals surface area contributed by atoms with E-state index >= 15 is 0 Å². The number of aryl methyl sites for hydroxylation is 1. The normalized spacial score (nSPS) is 15.7. The summed E-state index contributed by atoms with van der Waals surface area (Å²) < 4.78 is 0. The Labute approximate surface area is 164 Å². The molecule has 3 aromatic carbocycles. The Morgan fingerprint density at radius 1 is 0.926 bits per heavy atom. The molecule has 136 valence electrons. The lowest BCUT2D eigenvalue weighted by molar-refractivity contribution is 0.0729. The van der Waals surface area contributed by atoms with Crippen molar-refractivity contribution in [3.8, 4) is 0 Å². The average molecular weight is 377 g/mol. The Hall–Kier alpha value is -2.78. The van der Waals surface area contributed by atoms with Crippen molar-refractivity contribution in [1.82, 2.24) is 4.90 Å². The van der Waals surface area contributed by atoms with Crippen LogP contribution >= 0.6 is 11.6 Å².